The molecule has 4 aromatic carbocycles. The first kappa shape index (κ1) is 20.7. The zero-order valence-electron chi connectivity index (χ0n) is 18.7. The van der Waals surface area contributed by atoms with Crippen LogP contribution in [0.1, 0.15) is 44.5 Å². The Kier molecular flexibility index (Phi) is 5.32. The third-order valence-corrected chi connectivity index (χ3v) is 6.28. The Balaban J connectivity index is 2.29. The minimum Gasteiger partial charge on any atom is -0.398 e. The summed E-state index contributed by atoms with van der Waals surface area (Å²) in [5.41, 5.74) is 23.6. The maximum atomic E-state index is 6.83. The second-order valence-corrected chi connectivity index (χ2v) is 8.57. The van der Waals surface area contributed by atoms with Gasteiger partial charge in [-0.05, 0) is 61.1 Å². The van der Waals surface area contributed by atoms with Gasteiger partial charge in [-0.15, -0.1) is 0 Å². The molecular formula is C29H30N2. The van der Waals surface area contributed by atoms with Gasteiger partial charge in [-0.2, -0.15) is 0 Å². The summed E-state index contributed by atoms with van der Waals surface area (Å²) >= 11 is 0. The Hall–Kier alpha value is -3.52. The third kappa shape index (κ3) is 3.38. The maximum absolute atomic E-state index is 6.83. The smallest absolute Gasteiger partial charge is 0.0741 e. The van der Waals surface area contributed by atoms with Gasteiger partial charge in [0.1, 0.15) is 0 Å². The molecule has 0 spiro atoms. The average molecular weight is 407 g/mol. The Morgan fingerprint density at radius 3 is 1.23 bits per heavy atom. The molecule has 0 heterocycles. The van der Waals surface area contributed by atoms with Gasteiger partial charge in [0.15, 0.2) is 0 Å². The number of hydrogen-bond donors (Lipinski definition) is 2. The van der Waals surface area contributed by atoms with Crippen molar-refractivity contribution in [2.75, 3.05) is 11.5 Å². The Morgan fingerprint density at radius 1 is 0.516 bits per heavy atom. The lowest BCUT2D eigenvalue weighted by atomic mass is 9.63. The predicted octanol–water partition coefficient (Wildman–Crippen LogP) is 6.47. The quantitative estimate of drug-likeness (QED) is 0.301. The first-order valence-corrected chi connectivity index (χ1v) is 10.7. The number of hydrogen-bond acceptors (Lipinski definition) is 2. The highest BCUT2D eigenvalue weighted by Gasteiger charge is 2.41. The van der Waals surface area contributed by atoms with Gasteiger partial charge in [-0.3, -0.25) is 0 Å². The molecule has 0 aliphatic rings. The highest BCUT2D eigenvalue weighted by Crippen LogP contribution is 2.50. The van der Waals surface area contributed by atoms with E-state index in [0.717, 1.165) is 44.8 Å². The highest BCUT2D eigenvalue weighted by molar-refractivity contribution is 5.74. The Labute approximate surface area is 185 Å². The van der Waals surface area contributed by atoms with E-state index >= 15 is 0 Å². The second-order valence-electron chi connectivity index (χ2n) is 8.57. The van der Waals surface area contributed by atoms with Gasteiger partial charge in [0, 0.05) is 11.4 Å². The topological polar surface area (TPSA) is 52.0 Å². The zero-order valence-corrected chi connectivity index (χ0v) is 18.7. The van der Waals surface area contributed by atoms with Crippen LogP contribution in [0.2, 0.25) is 0 Å². The fourth-order valence-electron chi connectivity index (χ4n) is 4.89. The molecule has 0 fully saturated rings. The van der Waals surface area contributed by atoms with Crippen molar-refractivity contribution < 1.29 is 0 Å². The van der Waals surface area contributed by atoms with E-state index in [1.54, 1.807) is 0 Å². The van der Waals surface area contributed by atoms with Crippen molar-refractivity contribution in [1.82, 2.24) is 0 Å². The molecule has 156 valence electrons. The number of nitrogen functional groups attached to an aromatic ring is 2. The molecule has 31 heavy (non-hydrogen) atoms. The molecule has 4 rings (SSSR count). The predicted molar refractivity (Wildman–Crippen MR) is 133 cm³/mol. The fourth-order valence-corrected chi connectivity index (χ4v) is 4.89. The van der Waals surface area contributed by atoms with Gasteiger partial charge in [0.25, 0.3) is 0 Å². The fraction of sp³-hybridized carbons (Fsp3) is 0.172. The van der Waals surface area contributed by atoms with Crippen LogP contribution in [0.5, 0.6) is 0 Å². The van der Waals surface area contributed by atoms with Crippen LogP contribution in [0.25, 0.3) is 0 Å². The van der Waals surface area contributed by atoms with Gasteiger partial charge in [-0.25, -0.2) is 0 Å². The summed E-state index contributed by atoms with van der Waals surface area (Å²) in [6.07, 6.45) is 0. The Bertz CT molecular complexity index is 1130. The lowest BCUT2D eigenvalue weighted by molar-refractivity contribution is 0.747. The monoisotopic (exact) mass is 406 g/mol. The van der Waals surface area contributed by atoms with Crippen molar-refractivity contribution in [2.45, 2.75) is 33.1 Å². The summed E-state index contributed by atoms with van der Waals surface area (Å²) in [6.45, 7) is 8.41. The summed E-state index contributed by atoms with van der Waals surface area (Å²) < 4.78 is 0. The standard InChI is InChI=1S/C29H30N2/c1-19-15-21(3)27(30)25(17-19)29(23-11-7-5-8-12-23,24-13-9-6-10-14-24)26-18-20(2)16-22(4)28(26)31/h5-18H,30-31H2,1-4H3. The van der Waals surface area contributed by atoms with Gasteiger partial charge in [0.2, 0.25) is 0 Å². The molecule has 0 unspecified atom stereocenters. The summed E-state index contributed by atoms with van der Waals surface area (Å²) in [4.78, 5) is 0. The van der Waals surface area contributed by atoms with Crippen LogP contribution in [0.4, 0.5) is 11.4 Å². The van der Waals surface area contributed by atoms with Crippen LogP contribution in [0.3, 0.4) is 0 Å². The molecule has 2 heteroatoms. The van der Waals surface area contributed by atoms with Gasteiger partial charge in [-0.1, -0.05) is 96.1 Å². The van der Waals surface area contributed by atoms with Crippen molar-refractivity contribution in [3.8, 4) is 0 Å². The summed E-state index contributed by atoms with van der Waals surface area (Å²) in [7, 11) is 0. The molecule has 0 radical (unpaired) electrons. The molecule has 2 nitrogen and oxygen atoms in total. The van der Waals surface area contributed by atoms with Crippen LogP contribution in [0.15, 0.2) is 84.9 Å². The molecule has 0 aliphatic heterocycles. The largest absolute Gasteiger partial charge is 0.398 e. The molecule has 0 aliphatic carbocycles. The Morgan fingerprint density at radius 2 is 0.871 bits per heavy atom. The van der Waals surface area contributed by atoms with Gasteiger partial charge >= 0.3 is 0 Å². The van der Waals surface area contributed by atoms with Crippen molar-refractivity contribution in [3.63, 3.8) is 0 Å². The highest BCUT2D eigenvalue weighted by atomic mass is 14.6. The third-order valence-electron chi connectivity index (χ3n) is 6.28. The molecule has 0 saturated heterocycles. The normalized spacial score (nSPS) is 11.5. The van der Waals surface area contributed by atoms with Crippen LogP contribution < -0.4 is 11.5 Å². The minimum absolute atomic E-state index is 0.635. The second kappa shape index (κ2) is 7.96. The van der Waals surface area contributed by atoms with E-state index < -0.39 is 5.41 Å². The van der Waals surface area contributed by atoms with Gasteiger partial charge in [0.05, 0.1) is 5.41 Å². The van der Waals surface area contributed by atoms with E-state index in [2.05, 4.69) is 113 Å². The number of anilines is 2. The van der Waals surface area contributed by atoms with E-state index in [4.69, 9.17) is 11.5 Å². The van der Waals surface area contributed by atoms with Crippen LogP contribution in [0, 0.1) is 27.7 Å². The summed E-state index contributed by atoms with van der Waals surface area (Å²) in [5, 5.41) is 0. The SMILES string of the molecule is Cc1cc(C)c(N)c(C(c2ccccc2)(c2ccccc2)c2cc(C)cc(C)c2N)c1. The molecule has 0 amide bonds. The first-order valence-electron chi connectivity index (χ1n) is 10.7. The molecule has 4 N–H and O–H groups in total. The van der Waals surface area contributed by atoms with E-state index in [1.807, 2.05) is 0 Å². The zero-order chi connectivity index (χ0) is 22.2. The average Bonchev–Trinajstić information content (AvgIpc) is 2.76. The minimum atomic E-state index is -0.635. The molecule has 0 atom stereocenters. The number of aryl methyl sites for hydroxylation is 4. The lowest BCUT2D eigenvalue weighted by Gasteiger charge is -2.39. The van der Waals surface area contributed by atoms with Crippen molar-refractivity contribution in [3.05, 3.63) is 129 Å². The van der Waals surface area contributed by atoms with E-state index in [0.29, 0.717) is 0 Å². The van der Waals surface area contributed by atoms with E-state index in [9.17, 15) is 0 Å². The molecule has 4 aromatic rings. The number of nitrogens with two attached hydrogens (primary N) is 2. The molecule has 0 aromatic heterocycles. The number of benzene rings is 4. The first-order chi connectivity index (χ1) is 14.9. The molecule has 0 bridgehead atoms. The van der Waals surface area contributed by atoms with Crippen molar-refractivity contribution in [1.29, 1.82) is 0 Å². The van der Waals surface area contributed by atoms with Crippen LogP contribution >= 0.6 is 0 Å². The summed E-state index contributed by atoms with van der Waals surface area (Å²) in [5.74, 6) is 0. The maximum Gasteiger partial charge on any atom is 0.0741 e. The molecular weight excluding hydrogens is 376 g/mol. The van der Waals surface area contributed by atoms with Crippen molar-refractivity contribution in [2.24, 2.45) is 0 Å². The summed E-state index contributed by atoms with van der Waals surface area (Å²) in [6, 6.07) is 29.9. The molecule has 0 saturated carbocycles. The van der Waals surface area contributed by atoms with E-state index in [1.165, 1.54) is 11.1 Å². The lowest BCUT2D eigenvalue weighted by Crippen LogP contribution is -2.33. The van der Waals surface area contributed by atoms with Crippen LogP contribution in [-0.2, 0) is 5.41 Å². The number of rotatable bonds is 4. The van der Waals surface area contributed by atoms with Crippen LogP contribution in [-0.4, -0.2) is 0 Å². The van der Waals surface area contributed by atoms with E-state index in [-0.39, 0.29) is 0 Å². The van der Waals surface area contributed by atoms with Crippen molar-refractivity contribution >= 4 is 11.4 Å². The van der Waals surface area contributed by atoms with Gasteiger partial charge < -0.3 is 11.5 Å².